The fourth-order valence-corrected chi connectivity index (χ4v) is 2.46. The van der Waals surface area contributed by atoms with Gasteiger partial charge in [-0.1, -0.05) is 6.08 Å². The Morgan fingerprint density at radius 3 is 2.85 bits per heavy atom. The van der Waals surface area contributed by atoms with Gasteiger partial charge in [-0.3, -0.25) is 0 Å². The summed E-state index contributed by atoms with van der Waals surface area (Å²) in [5.41, 5.74) is 0. The summed E-state index contributed by atoms with van der Waals surface area (Å²) in [5, 5.41) is 0. The Bertz CT molecular complexity index is 183. The molecule has 0 N–H and O–H groups in total. The zero-order valence-corrected chi connectivity index (χ0v) is 8.81. The van der Waals surface area contributed by atoms with Gasteiger partial charge in [-0.25, -0.2) is 4.79 Å². The molecule has 1 rings (SSSR count). The van der Waals surface area contributed by atoms with Crippen molar-refractivity contribution in [2.75, 3.05) is 18.1 Å². The SMILES string of the molecule is CCOC(=O)/C=C/C1CCSCC1. The van der Waals surface area contributed by atoms with Gasteiger partial charge in [-0.05, 0) is 37.2 Å². The molecular formula is C10H16O2S. The Balaban J connectivity index is 2.24. The molecule has 0 aromatic carbocycles. The molecule has 0 atom stereocenters. The van der Waals surface area contributed by atoms with Gasteiger partial charge < -0.3 is 4.74 Å². The van der Waals surface area contributed by atoms with Gasteiger partial charge in [0.15, 0.2) is 0 Å². The molecule has 1 saturated heterocycles. The maximum Gasteiger partial charge on any atom is 0.330 e. The number of thioether (sulfide) groups is 1. The molecule has 1 aliphatic heterocycles. The number of carbonyl (C=O) groups is 1. The second-order valence-corrected chi connectivity index (χ2v) is 4.29. The number of allylic oxidation sites excluding steroid dienone is 1. The summed E-state index contributed by atoms with van der Waals surface area (Å²) in [6, 6.07) is 0. The fourth-order valence-electron chi connectivity index (χ4n) is 1.31. The van der Waals surface area contributed by atoms with Gasteiger partial charge in [-0.2, -0.15) is 11.8 Å². The summed E-state index contributed by atoms with van der Waals surface area (Å²) in [5.74, 6) is 2.82. The lowest BCUT2D eigenvalue weighted by atomic mass is 10.0. The molecular weight excluding hydrogens is 184 g/mol. The van der Waals surface area contributed by atoms with E-state index in [2.05, 4.69) is 0 Å². The number of carbonyl (C=O) groups excluding carboxylic acids is 1. The van der Waals surface area contributed by atoms with Crippen LogP contribution in [0.2, 0.25) is 0 Å². The average Bonchev–Trinajstić information content (AvgIpc) is 2.17. The van der Waals surface area contributed by atoms with E-state index in [9.17, 15) is 4.79 Å². The quantitative estimate of drug-likeness (QED) is 0.516. The molecule has 2 nitrogen and oxygen atoms in total. The predicted octanol–water partition coefficient (Wildman–Crippen LogP) is 2.25. The average molecular weight is 200 g/mol. The van der Waals surface area contributed by atoms with Crippen LogP contribution in [0.15, 0.2) is 12.2 Å². The van der Waals surface area contributed by atoms with Crippen molar-refractivity contribution in [3.8, 4) is 0 Å². The lowest BCUT2D eigenvalue weighted by Crippen LogP contribution is -2.08. The third kappa shape index (κ3) is 4.36. The highest BCUT2D eigenvalue weighted by Gasteiger charge is 2.10. The van der Waals surface area contributed by atoms with Crippen molar-refractivity contribution >= 4 is 17.7 Å². The zero-order valence-electron chi connectivity index (χ0n) is 7.99. The minimum absolute atomic E-state index is 0.208. The summed E-state index contributed by atoms with van der Waals surface area (Å²) in [6.07, 6.45) is 5.96. The van der Waals surface area contributed by atoms with E-state index < -0.39 is 0 Å². The molecule has 0 aromatic rings. The van der Waals surface area contributed by atoms with Gasteiger partial charge in [-0.15, -0.1) is 0 Å². The molecule has 0 aromatic heterocycles. The van der Waals surface area contributed by atoms with Crippen molar-refractivity contribution in [3.63, 3.8) is 0 Å². The number of esters is 1. The molecule has 0 aliphatic carbocycles. The van der Waals surface area contributed by atoms with Crippen LogP contribution in [0.5, 0.6) is 0 Å². The first-order chi connectivity index (χ1) is 6.33. The summed E-state index contributed by atoms with van der Waals surface area (Å²) in [7, 11) is 0. The number of ether oxygens (including phenoxy) is 1. The molecule has 1 aliphatic rings. The predicted molar refractivity (Wildman–Crippen MR) is 55.8 cm³/mol. The monoisotopic (exact) mass is 200 g/mol. The van der Waals surface area contributed by atoms with Crippen molar-refractivity contribution in [1.82, 2.24) is 0 Å². The minimum atomic E-state index is -0.208. The van der Waals surface area contributed by atoms with Crippen molar-refractivity contribution in [2.24, 2.45) is 5.92 Å². The third-order valence-electron chi connectivity index (χ3n) is 2.06. The van der Waals surface area contributed by atoms with Gasteiger partial charge in [0, 0.05) is 6.08 Å². The van der Waals surface area contributed by atoms with E-state index >= 15 is 0 Å². The van der Waals surface area contributed by atoms with E-state index in [4.69, 9.17) is 4.74 Å². The minimum Gasteiger partial charge on any atom is -0.463 e. The van der Waals surface area contributed by atoms with Gasteiger partial charge in [0.2, 0.25) is 0 Å². The largest absolute Gasteiger partial charge is 0.463 e. The Morgan fingerprint density at radius 1 is 1.54 bits per heavy atom. The molecule has 0 radical (unpaired) electrons. The van der Waals surface area contributed by atoms with Crippen LogP contribution in [-0.4, -0.2) is 24.1 Å². The molecule has 0 saturated carbocycles. The lowest BCUT2D eigenvalue weighted by molar-refractivity contribution is -0.137. The summed E-state index contributed by atoms with van der Waals surface area (Å²) >= 11 is 1.99. The molecule has 1 fully saturated rings. The second kappa shape index (κ2) is 6.08. The van der Waals surface area contributed by atoms with Crippen LogP contribution in [0.25, 0.3) is 0 Å². The van der Waals surface area contributed by atoms with Crippen LogP contribution in [-0.2, 0) is 9.53 Å². The first-order valence-corrected chi connectivity index (χ1v) is 5.91. The Labute approximate surface area is 83.7 Å². The zero-order chi connectivity index (χ0) is 9.52. The van der Waals surface area contributed by atoms with E-state index in [1.165, 1.54) is 24.3 Å². The smallest absolute Gasteiger partial charge is 0.330 e. The first kappa shape index (κ1) is 10.6. The maximum atomic E-state index is 11.0. The number of hydrogen-bond donors (Lipinski definition) is 0. The van der Waals surface area contributed by atoms with E-state index in [1.807, 2.05) is 24.8 Å². The number of hydrogen-bond acceptors (Lipinski definition) is 3. The molecule has 1 heterocycles. The Hall–Kier alpha value is -0.440. The number of rotatable bonds is 3. The van der Waals surface area contributed by atoms with Crippen molar-refractivity contribution in [3.05, 3.63) is 12.2 Å². The van der Waals surface area contributed by atoms with Gasteiger partial charge >= 0.3 is 5.97 Å². The molecule has 74 valence electrons. The van der Waals surface area contributed by atoms with Crippen LogP contribution < -0.4 is 0 Å². The topological polar surface area (TPSA) is 26.3 Å². The molecule has 0 spiro atoms. The summed E-state index contributed by atoms with van der Waals surface area (Å²) in [6.45, 7) is 2.28. The van der Waals surface area contributed by atoms with E-state index in [1.54, 1.807) is 6.08 Å². The Morgan fingerprint density at radius 2 is 2.23 bits per heavy atom. The van der Waals surface area contributed by atoms with Crippen LogP contribution >= 0.6 is 11.8 Å². The second-order valence-electron chi connectivity index (χ2n) is 3.06. The maximum absolute atomic E-state index is 11.0. The molecule has 0 amide bonds. The van der Waals surface area contributed by atoms with Crippen molar-refractivity contribution in [2.45, 2.75) is 19.8 Å². The molecule has 0 bridgehead atoms. The fraction of sp³-hybridized carbons (Fsp3) is 0.700. The molecule has 13 heavy (non-hydrogen) atoms. The standard InChI is InChI=1S/C10H16O2S/c1-2-12-10(11)4-3-9-5-7-13-8-6-9/h3-4,9H,2,5-8H2,1H3/b4-3+. The van der Waals surface area contributed by atoms with Crippen LogP contribution in [0, 0.1) is 5.92 Å². The van der Waals surface area contributed by atoms with E-state index in [0.717, 1.165) is 0 Å². The highest BCUT2D eigenvalue weighted by atomic mass is 32.2. The molecule has 3 heteroatoms. The van der Waals surface area contributed by atoms with Crippen LogP contribution in [0.3, 0.4) is 0 Å². The highest BCUT2D eigenvalue weighted by molar-refractivity contribution is 7.99. The first-order valence-electron chi connectivity index (χ1n) is 4.75. The molecule has 0 unspecified atom stereocenters. The highest BCUT2D eigenvalue weighted by Crippen LogP contribution is 2.23. The van der Waals surface area contributed by atoms with Crippen molar-refractivity contribution in [1.29, 1.82) is 0 Å². The van der Waals surface area contributed by atoms with Gasteiger partial charge in [0.1, 0.15) is 0 Å². The van der Waals surface area contributed by atoms with Gasteiger partial charge in [0.05, 0.1) is 6.61 Å². The Kier molecular flexibility index (Phi) is 4.98. The van der Waals surface area contributed by atoms with Crippen LogP contribution in [0.1, 0.15) is 19.8 Å². The normalized spacial score (nSPS) is 19.2. The summed E-state index contributed by atoms with van der Waals surface area (Å²) < 4.78 is 4.80. The van der Waals surface area contributed by atoms with Gasteiger partial charge in [0.25, 0.3) is 0 Å². The van der Waals surface area contributed by atoms with Crippen molar-refractivity contribution < 1.29 is 9.53 Å². The van der Waals surface area contributed by atoms with Crippen LogP contribution in [0.4, 0.5) is 0 Å². The lowest BCUT2D eigenvalue weighted by Gasteiger charge is -2.17. The van der Waals surface area contributed by atoms with E-state index in [-0.39, 0.29) is 5.97 Å². The summed E-state index contributed by atoms with van der Waals surface area (Å²) in [4.78, 5) is 11.0. The van der Waals surface area contributed by atoms with E-state index in [0.29, 0.717) is 12.5 Å². The third-order valence-corrected chi connectivity index (χ3v) is 3.11.